The molecule has 0 aliphatic carbocycles. The molecule has 0 unspecified atom stereocenters. The molecular weight excluding hydrogens is 400 g/mol. The number of carbonyl (C=O) groups is 1. The van der Waals surface area contributed by atoms with Gasteiger partial charge in [-0.15, -0.1) is 0 Å². The minimum absolute atomic E-state index is 0.0937. The van der Waals surface area contributed by atoms with Crippen LogP contribution in [0.3, 0.4) is 0 Å². The largest absolute Gasteiger partial charge is 0.482 e. The van der Waals surface area contributed by atoms with Gasteiger partial charge in [0.05, 0.1) is 11.2 Å². The van der Waals surface area contributed by atoms with Crippen LogP contribution in [0.25, 0.3) is 10.9 Å². The number of piperazine rings is 1. The zero-order valence-corrected chi connectivity index (χ0v) is 17.4. The average molecular weight is 423 g/mol. The summed E-state index contributed by atoms with van der Waals surface area (Å²) in [5, 5.41) is 4.68. The lowest BCUT2D eigenvalue weighted by Gasteiger charge is -2.35. The summed E-state index contributed by atoms with van der Waals surface area (Å²) < 4.78 is 5.43. The quantitative estimate of drug-likeness (QED) is 0.696. The minimum atomic E-state index is -0.0961. The third-order valence-corrected chi connectivity index (χ3v) is 5.96. The van der Waals surface area contributed by atoms with Crippen molar-refractivity contribution in [3.05, 3.63) is 59.1 Å². The maximum Gasteiger partial charge on any atom is 0.262 e. The first kappa shape index (κ1) is 19.2. The van der Waals surface area contributed by atoms with Gasteiger partial charge in [-0.05, 0) is 54.4 Å². The molecule has 3 aromatic rings. The van der Waals surface area contributed by atoms with Crippen LogP contribution in [0, 0.1) is 0 Å². The molecule has 0 bridgehead atoms. The zero-order chi connectivity index (χ0) is 20.5. The highest BCUT2D eigenvalue weighted by molar-refractivity contribution is 6.31. The van der Waals surface area contributed by atoms with Crippen molar-refractivity contribution in [2.75, 3.05) is 49.5 Å². The Kier molecular flexibility index (Phi) is 5.19. The first-order chi connectivity index (χ1) is 14.6. The van der Waals surface area contributed by atoms with Gasteiger partial charge in [-0.25, -0.2) is 4.98 Å². The van der Waals surface area contributed by atoms with Crippen molar-refractivity contribution in [3.8, 4) is 5.75 Å². The molecule has 0 atom stereocenters. The highest BCUT2D eigenvalue weighted by Crippen LogP contribution is 2.29. The highest BCUT2D eigenvalue weighted by Gasteiger charge is 2.19. The van der Waals surface area contributed by atoms with Crippen molar-refractivity contribution in [1.29, 1.82) is 0 Å². The Labute approximate surface area is 180 Å². The van der Waals surface area contributed by atoms with Crippen LogP contribution in [0.15, 0.2) is 48.5 Å². The van der Waals surface area contributed by atoms with Crippen molar-refractivity contribution < 1.29 is 9.53 Å². The smallest absolute Gasteiger partial charge is 0.262 e. The van der Waals surface area contributed by atoms with Crippen LogP contribution in [-0.4, -0.2) is 55.1 Å². The standard InChI is InChI=1S/C23H23ClN4O2/c24-18-3-4-19-17(14-18)2-6-22(25-19)28-11-9-27(10-12-28)8-7-16-1-5-21-20(13-16)26-23(29)15-30-21/h1-6,13-14H,7-12,15H2,(H,26,29). The van der Waals surface area contributed by atoms with Crippen LogP contribution in [0.1, 0.15) is 5.56 Å². The van der Waals surface area contributed by atoms with E-state index in [1.54, 1.807) is 0 Å². The Morgan fingerprint density at radius 2 is 1.90 bits per heavy atom. The molecular formula is C23H23ClN4O2. The fourth-order valence-corrected chi connectivity index (χ4v) is 4.22. The molecule has 1 amide bonds. The summed E-state index contributed by atoms with van der Waals surface area (Å²) in [6.45, 7) is 5.01. The van der Waals surface area contributed by atoms with Crippen molar-refractivity contribution in [2.45, 2.75) is 6.42 Å². The van der Waals surface area contributed by atoms with Gasteiger partial charge in [0.15, 0.2) is 6.61 Å². The van der Waals surface area contributed by atoms with Gasteiger partial charge in [0.1, 0.15) is 11.6 Å². The molecule has 6 nitrogen and oxygen atoms in total. The Bertz CT molecular complexity index is 1100. The first-order valence-corrected chi connectivity index (χ1v) is 10.6. The van der Waals surface area contributed by atoms with E-state index < -0.39 is 0 Å². The van der Waals surface area contributed by atoms with Gasteiger partial charge < -0.3 is 15.0 Å². The summed E-state index contributed by atoms with van der Waals surface area (Å²) in [4.78, 5) is 21.1. The average Bonchev–Trinajstić information content (AvgIpc) is 2.77. The van der Waals surface area contributed by atoms with E-state index in [1.165, 1.54) is 5.56 Å². The van der Waals surface area contributed by atoms with E-state index in [0.717, 1.165) is 72.3 Å². The molecule has 1 aromatic heterocycles. The number of benzene rings is 2. The van der Waals surface area contributed by atoms with Crippen molar-refractivity contribution in [3.63, 3.8) is 0 Å². The number of anilines is 2. The second-order valence-corrected chi connectivity index (χ2v) is 8.19. The lowest BCUT2D eigenvalue weighted by molar-refractivity contribution is -0.118. The number of halogens is 1. The molecule has 0 radical (unpaired) electrons. The predicted octanol–water partition coefficient (Wildman–Crippen LogP) is 3.58. The van der Waals surface area contributed by atoms with Gasteiger partial charge in [0.2, 0.25) is 0 Å². The molecule has 2 aliphatic heterocycles. The van der Waals surface area contributed by atoms with Crippen LogP contribution in [0.5, 0.6) is 5.75 Å². The van der Waals surface area contributed by atoms with Crippen molar-refractivity contribution in [2.24, 2.45) is 0 Å². The monoisotopic (exact) mass is 422 g/mol. The molecule has 154 valence electrons. The Hall–Kier alpha value is -2.83. The minimum Gasteiger partial charge on any atom is -0.482 e. The van der Waals surface area contributed by atoms with E-state index in [-0.39, 0.29) is 12.5 Å². The Morgan fingerprint density at radius 1 is 1.03 bits per heavy atom. The molecule has 0 saturated carbocycles. The SMILES string of the molecule is O=C1COc2ccc(CCN3CCN(c4ccc5cc(Cl)ccc5n4)CC3)cc2N1. The fraction of sp³-hybridized carbons (Fsp3) is 0.304. The number of carbonyl (C=O) groups excluding carboxylic acids is 1. The number of nitrogens with one attached hydrogen (secondary N) is 1. The normalized spacial score (nSPS) is 16.8. The Morgan fingerprint density at radius 3 is 2.77 bits per heavy atom. The van der Waals surface area contributed by atoms with Gasteiger partial charge in [-0.1, -0.05) is 17.7 Å². The number of pyridine rings is 1. The van der Waals surface area contributed by atoms with E-state index in [2.05, 4.69) is 33.3 Å². The van der Waals surface area contributed by atoms with Gasteiger partial charge in [0.25, 0.3) is 5.91 Å². The van der Waals surface area contributed by atoms with Gasteiger partial charge >= 0.3 is 0 Å². The molecule has 2 aromatic carbocycles. The summed E-state index contributed by atoms with van der Waals surface area (Å²) in [6, 6.07) is 16.0. The molecule has 3 heterocycles. The number of fused-ring (bicyclic) bond motifs is 2. The topological polar surface area (TPSA) is 57.7 Å². The highest BCUT2D eigenvalue weighted by atomic mass is 35.5. The molecule has 0 spiro atoms. The molecule has 7 heteroatoms. The first-order valence-electron chi connectivity index (χ1n) is 10.2. The predicted molar refractivity (Wildman–Crippen MR) is 120 cm³/mol. The molecule has 1 fully saturated rings. The fourth-order valence-electron chi connectivity index (χ4n) is 4.04. The molecule has 1 saturated heterocycles. The summed E-state index contributed by atoms with van der Waals surface area (Å²) in [7, 11) is 0. The molecule has 30 heavy (non-hydrogen) atoms. The van der Waals surface area contributed by atoms with Crippen LogP contribution >= 0.6 is 11.6 Å². The summed E-state index contributed by atoms with van der Waals surface area (Å²) in [5.41, 5.74) is 2.96. The zero-order valence-electron chi connectivity index (χ0n) is 16.6. The number of hydrogen-bond acceptors (Lipinski definition) is 5. The number of amides is 1. The van der Waals surface area contributed by atoms with E-state index in [1.807, 2.05) is 30.3 Å². The number of ether oxygens (including phenoxy) is 1. The Balaban J connectivity index is 1.17. The number of nitrogens with zero attached hydrogens (tertiary/aromatic N) is 3. The van der Waals surface area contributed by atoms with E-state index in [0.29, 0.717) is 0 Å². The number of rotatable bonds is 4. The van der Waals surface area contributed by atoms with E-state index in [9.17, 15) is 4.79 Å². The van der Waals surface area contributed by atoms with Crippen molar-refractivity contribution >= 4 is 39.9 Å². The maximum absolute atomic E-state index is 11.5. The van der Waals surface area contributed by atoms with Crippen LogP contribution in [-0.2, 0) is 11.2 Å². The van der Waals surface area contributed by atoms with Crippen LogP contribution in [0.2, 0.25) is 5.02 Å². The third-order valence-electron chi connectivity index (χ3n) is 5.73. The molecule has 5 rings (SSSR count). The second kappa shape index (κ2) is 8.13. The van der Waals surface area contributed by atoms with E-state index >= 15 is 0 Å². The number of hydrogen-bond donors (Lipinski definition) is 1. The molecule has 1 N–H and O–H groups in total. The lowest BCUT2D eigenvalue weighted by atomic mass is 10.1. The second-order valence-electron chi connectivity index (χ2n) is 7.75. The summed E-state index contributed by atoms with van der Waals surface area (Å²) in [5.74, 6) is 1.67. The number of aromatic nitrogens is 1. The van der Waals surface area contributed by atoms with E-state index in [4.69, 9.17) is 21.3 Å². The lowest BCUT2D eigenvalue weighted by Crippen LogP contribution is -2.47. The van der Waals surface area contributed by atoms with Gasteiger partial charge in [0, 0.05) is 43.1 Å². The maximum atomic E-state index is 11.5. The van der Waals surface area contributed by atoms with Gasteiger partial charge in [-0.3, -0.25) is 9.69 Å². The molecule has 2 aliphatic rings. The third kappa shape index (κ3) is 4.06. The summed E-state index contributed by atoms with van der Waals surface area (Å²) in [6.07, 6.45) is 0.943. The van der Waals surface area contributed by atoms with Crippen LogP contribution < -0.4 is 15.0 Å². The van der Waals surface area contributed by atoms with Gasteiger partial charge in [-0.2, -0.15) is 0 Å². The van der Waals surface area contributed by atoms with Crippen LogP contribution in [0.4, 0.5) is 11.5 Å². The summed E-state index contributed by atoms with van der Waals surface area (Å²) >= 11 is 6.07. The van der Waals surface area contributed by atoms with Crippen molar-refractivity contribution in [1.82, 2.24) is 9.88 Å².